The molecule has 3 aromatic rings. The number of carbonyl (C=O) groups is 1. The third kappa shape index (κ3) is 2.56. The third-order valence-electron chi connectivity index (χ3n) is 3.64. The Hall–Kier alpha value is -2.02. The lowest BCUT2D eigenvalue weighted by Gasteiger charge is -2.25. The van der Waals surface area contributed by atoms with Crippen LogP contribution in [0.1, 0.15) is 10.4 Å². The first kappa shape index (κ1) is 14.9. The maximum absolute atomic E-state index is 11.5. The van der Waals surface area contributed by atoms with Gasteiger partial charge < -0.3 is 0 Å². The SMILES string of the molecule is O=Cc1ccccc1P(=S)(c1ccccc1)c1ccccc1. The van der Waals surface area contributed by atoms with Crippen LogP contribution in [0.15, 0.2) is 84.9 Å². The third-order valence-corrected chi connectivity index (χ3v) is 8.63. The molecule has 1 nitrogen and oxygen atoms in total. The molecule has 0 saturated heterocycles. The van der Waals surface area contributed by atoms with Crippen LogP contribution in [0.25, 0.3) is 0 Å². The molecular formula is C19H15OPS. The number of aldehydes is 1. The van der Waals surface area contributed by atoms with Gasteiger partial charge in [0.2, 0.25) is 0 Å². The maximum Gasteiger partial charge on any atom is 0.150 e. The predicted octanol–water partition coefficient (Wildman–Crippen LogP) is 3.25. The summed E-state index contributed by atoms with van der Waals surface area (Å²) in [6.07, 6.45) is 0.905. The lowest BCUT2D eigenvalue weighted by Crippen LogP contribution is -2.26. The van der Waals surface area contributed by atoms with Gasteiger partial charge in [-0.25, -0.2) is 0 Å². The predicted molar refractivity (Wildman–Crippen MR) is 97.9 cm³/mol. The monoisotopic (exact) mass is 322 g/mol. The van der Waals surface area contributed by atoms with Crippen molar-refractivity contribution in [2.24, 2.45) is 0 Å². The summed E-state index contributed by atoms with van der Waals surface area (Å²) in [5.41, 5.74) is 0.679. The van der Waals surface area contributed by atoms with E-state index in [2.05, 4.69) is 24.3 Å². The van der Waals surface area contributed by atoms with E-state index < -0.39 is 6.04 Å². The molecule has 0 aromatic heterocycles. The van der Waals surface area contributed by atoms with E-state index in [0.717, 1.165) is 22.2 Å². The topological polar surface area (TPSA) is 17.1 Å². The van der Waals surface area contributed by atoms with Gasteiger partial charge in [0.15, 0.2) is 6.29 Å². The molecular weight excluding hydrogens is 307 g/mol. The molecule has 0 amide bonds. The van der Waals surface area contributed by atoms with E-state index in [1.807, 2.05) is 60.7 Å². The summed E-state index contributed by atoms with van der Waals surface area (Å²) in [6, 6.07) is 25.7. The first-order chi connectivity index (χ1) is 10.8. The molecule has 108 valence electrons. The molecule has 0 N–H and O–H groups in total. The fourth-order valence-electron chi connectivity index (χ4n) is 2.58. The van der Waals surface area contributed by atoms with Crippen molar-refractivity contribution in [1.29, 1.82) is 0 Å². The fraction of sp³-hybridized carbons (Fsp3) is 0. The van der Waals surface area contributed by atoms with Crippen LogP contribution in [-0.4, -0.2) is 6.29 Å². The Morgan fingerprint density at radius 3 is 1.64 bits per heavy atom. The molecule has 3 rings (SSSR count). The Balaban J connectivity index is 2.34. The number of rotatable bonds is 4. The van der Waals surface area contributed by atoms with Gasteiger partial charge in [-0.15, -0.1) is 0 Å². The first-order valence-electron chi connectivity index (χ1n) is 7.03. The van der Waals surface area contributed by atoms with Crippen molar-refractivity contribution in [3.63, 3.8) is 0 Å². The number of benzene rings is 3. The van der Waals surface area contributed by atoms with Crippen LogP contribution in [0.5, 0.6) is 0 Å². The van der Waals surface area contributed by atoms with Gasteiger partial charge in [-0.2, -0.15) is 0 Å². The molecule has 0 saturated carbocycles. The Morgan fingerprint density at radius 1 is 0.682 bits per heavy atom. The Morgan fingerprint density at radius 2 is 1.14 bits per heavy atom. The van der Waals surface area contributed by atoms with Gasteiger partial charge in [-0.1, -0.05) is 96.7 Å². The molecule has 0 aliphatic rings. The van der Waals surface area contributed by atoms with Gasteiger partial charge in [0.05, 0.1) is 0 Å². The second kappa shape index (κ2) is 6.39. The second-order valence-corrected chi connectivity index (χ2v) is 9.33. The van der Waals surface area contributed by atoms with E-state index in [1.54, 1.807) is 0 Å². The minimum Gasteiger partial charge on any atom is -0.298 e. The Kier molecular flexibility index (Phi) is 4.33. The van der Waals surface area contributed by atoms with Crippen LogP contribution in [0.4, 0.5) is 0 Å². The summed E-state index contributed by atoms with van der Waals surface area (Å²) in [6.45, 7) is 0. The van der Waals surface area contributed by atoms with Crippen LogP contribution in [0, 0.1) is 0 Å². The average molecular weight is 322 g/mol. The number of hydrogen-bond acceptors (Lipinski definition) is 2. The molecule has 3 heteroatoms. The molecule has 0 spiro atoms. The molecule has 0 atom stereocenters. The highest BCUT2D eigenvalue weighted by Gasteiger charge is 2.26. The molecule has 0 radical (unpaired) electrons. The highest BCUT2D eigenvalue weighted by atomic mass is 32.4. The highest BCUT2D eigenvalue weighted by Crippen LogP contribution is 2.43. The fourth-order valence-corrected chi connectivity index (χ4v) is 6.63. The van der Waals surface area contributed by atoms with Crippen molar-refractivity contribution in [1.82, 2.24) is 0 Å². The summed E-state index contributed by atoms with van der Waals surface area (Å²) in [5, 5.41) is 3.16. The summed E-state index contributed by atoms with van der Waals surface area (Å²) in [7, 11) is 0. The lowest BCUT2D eigenvalue weighted by molar-refractivity contribution is 0.112. The second-order valence-electron chi connectivity index (χ2n) is 4.96. The van der Waals surface area contributed by atoms with Gasteiger partial charge >= 0.3 is 0 Å². The van der Waals surface area contributed by atoms with E-state index in [1.165, 1.54) is 0 Å². The highest BCUT2D eigenvalue weighted by molar-refractivity contribution is 8.25. The van der Waals surface area contributed by atoms with Crippen molar-refractivity contribution in [3.05, 3.63) is 90.5 Å². The van der Waals surface area contributed by atoms with Gasteiger partial charge in [-0.3, -0.25) is 4.79 Å². The average Bonchev–Trinajstić information content (AvgIpc) is 2.62. The molecule has 22 heavy (non-hydrogen) atoms. The summed E-state index contributed by atoms with van der Waals surface area (Å²) in [5.74, 6) is 0. The van der Waals surface area contributed by atoms with Gasteiger partial charge in [-0.05, 0) is 10.6 Å². The Bertz CT molecular complexity index is 785. The van der Waals surface area contributed by atoms with Crippen LogP contribution >= 0.6 is 6.04 Å². The largest absolute Gasteiger partial charge is 0.298 e. The molecule has 0 aliphatic carbocycles. The molecule has 0 unspecified atom stereocenters. The van der Waals surface area contributed by atoms with Crippen molar-refractivity contribution in [2.75, 3.05) is 0 Å². The number of carbonyl (C=O) groups excluding carboxylic acids is 1. The lowest BCUT2D eigenvalue weighted by atomic mass is 10.2. The zero-order valence-electron chi connectivity index (χ0n) is 11.9. The van der Waals surface area contributed by atoms with Gasteiger partial charge in [0.1, 0.15) is 0 Å². The first-order valence-corrected chi connectivity index (χ1v) is 9.83. The van der Waals surface area contributed by atoms with E-state index in [9.17, 15) is 4.79 Å². The van der Waals surface area contributed by atoms with Crippen LogP contribution in [0.3, 0.4) is 0 Å². The molecule has 0 heterocycles. The quantitative estimate of drug-likeness (QED) is 0.542. The van der Waals surface area contributed by atoms with E-state index in [0.29, 0.717) is 5.56 Å². The molecule has 0 bridgehead atoms. The van der Waals surface area contributed by atoms with E-state index in [4.69, 9.17) is 11.8 Å². The molecule has 0 aliphatic heterocycles. The van der Waals surface area contributed by atoms with Crippen LogP contribution in [-0.2, 0) is 11.8 Å². The smallest absolute Gasteiger partial charge is 0.150 e. The van der Waals surface area contributed by atoms with E-state index >= 15 is 0 Å². The number of hydrogen-bond donors (Lipinski definition) is 0. The van der Waals surface area contributed by atoms with E-state index in [-0.39, 0.29) is 0 Å². The van der Waals surface area contributed by atoms with Gasteiger partial charge in [0.25, 0.3) is 0 Å². The molecule has 0 fully saturated rings. The summed E-state index contributed by atoms with van der Waals surface area (Å²) in [4.78, 5) is 11.5. The van der Waals surface area contributed by atoms with Crippen molar-refractivity contribution in [2.45, 2.75) is 0 Å². The molecule has 3 aromatic carbocycles. The zero-order valence-corrected chi connectivity index (χ0v) is 13.6. The Labute approximate surface area is 135 Å². The van der Waals surface area contributed by atoms with Crippen molar-refractivity contribution >= 4 is 40.0 Å². The van der Waals surface area contributed by atoms with Crippen LogP contribution in [0.2, 0.25) is 0 Å². The minimum absolute atomic E-state index is 0.679. The van der Waals surface area contributed by atoms with Crippen molar-refractivity contribution in [3.8, 4) is 0 Å². The van der Waals surface area contributed by atoms with Crippen LogP contribution < -0.4 is 15.9 Å². The zero-order chi connectivity index (χ0) is 15.4. The minimum atomic E-state index is -2.23. The normalized spacial score (nSPS) is 11.1. The summed E-state index contributed by atoms with van der Waals surface area (Å²) < 4.78 is 0. The maximum atomic E-state index is 11.5. The standard InChI is InChI=1S/C19H15OPS/c20-15-16-9-7-8-14-19(16)21(22,17-10-3-1-4-11-17)18-12-5-2-6-13-18/h1-15H. The summed E-state index contributed by atoms with van der Waals surface area (Å²) >= 11 is 6.21. The van der Waals surface area contributed by atoms with Gasteiger partial charge in [0, 0.05) is 16.9 Å². The van der Waals surface area contributed by atoms with Crippen molar-refractivity contribution < 1.29 is 4.79 Å².